The van der Waals surface area contributed by atoms with Gasteiger partial charge in [-0.05, 0) is 12.8 Å². The van der Waals surface area contributed by atoms with Gasteiger partial charge in [0.2, 0.25) is 0 Å². The van der Waals surface area contributed by atoms with E-state index in [-0.39, 0.29) is 6.10 Å². The topological polar surface area (TPSA) is 26.3 Å². The maximum absolute atomic E-state index is 13.2. The highest BCUT2D eigenvalue weighted by Crippen LogP contribution is 2.54. The summed E-state index contributed by atoms with van der Waals surface area (Å²) in [4.78, 5) is 0. The van der Waals surface area contributed by atoms with Gasteiger partial charge in [-0.2, -0.15) is 4.20 Å². The third-order valence-corrected chi connectivity index (χ3v) is 3.64. The summed E-state index contributed by atoms with van der Waals surface area (Å²) in [6.45, 7) is 6.94. The normalized spacial score (nSPS) is 16.9. The molecule has 0 rings (SSSR count). The Hall–Kier alpha value is 0.120. The number of rotatable bonds is 5. The van der Waals surface area contributed by atoms with E-state index in [2.05, 4.69) is 0 Å². The van der Waals surface area contributed by atoms with Gasteiger partial charge in [0.1, 0.15) is 0 Å². The molecule has 0 fully saturated rings. The van der Waals surface area contributed by atoms with Crippen molar-refractivity contribution in [2.24, 2.45) is 0 Å². The Kier molecular flexibility index (Phi) is 5.03. The van der Waals surface area contributed by atoms with Gasteiger partial charge in [-0.1, -0.05) is 27.7 Å². The van der Waals surface area contributed by atoms with Crippen LogP contribution in [0.5, 0.6) is 0 Å². The van der Waals surface area contributed by atoms with Crippen molar-refractivity contribution in [3.63, 3.8) is 0 Å². The van der Waals surface area contributed by atoms with E-state index >= 15 is 0 Å². The highest BCUT2D eigenvalue weighted by Gasteiger charge is 2.29. The van der Waals surface area contributed by atoms with E-state index in [1.54, 1.807) is 13.8 Å². The zero-order valence-corrected chi connectivity index (χ0v) is 9.11. The van der Waals surface area contributed by atoms with Gasteiger partial charge in [-0.25, -0.2) is 0 Å². The largest absolute Gasteiger partial charge is 0.370 e. The first kappa shape index (κ1) is 12.1. The van der Waals surface area contributed by atoms with E-state index in [4.69, 9.17) is 4.52 Å². The van der Waals surface area contributed by atoms with Crippen molar-refractivity contribution in [1.29, 1.82) is 0 Å². The summed E-state index contributed by atoms with van der Waals surface area (Å²) in [6, 6.07) is 0. The van der Waals surface area contributed by atoms with Crippen molar-refractivity contribution < 1.29 is 13.3 Å². The van der Waals surface area contributed by atoms with E-state index in [0.29, 0.717) is 12.8 Å². The summed E-state index contributed by atoms with van der Waals surface area (Å²) in [5.41, 5.74) is -0.530. The molecule has 4 heteroatoms. The van der Waals surface area contributed by atoms with Gasteiger partial charge in [0.15, 0.2) is 0 Å². The first-order chi connectivity index (χ1) is 5.44. The minimum absolute atomic E-state index is 0.205. The average Bonchev–Trinajstić information content (AvgIpc) is 2.00. The van der Waals surface area contributed by atoms with Gasteiger partial charge >= 0.3 is 7.68 Å². The standard InChI is InChI=1S/C8H18FO2P/c1-5-8(6-2)11-12(9,10)7(3)4/h7-8H,5-6H2,1-4H3. The molecule has 0 amide bonds. The van der Waals surface area contributed by atoms with Crippen molar-refractivity contribution in [3.8, 4) is 0 Å². The first-order valence-electron chi connectivity index (χ1n) is 4.41. The third-order valence-electron chi connectivity index (χ3n) is 1.82. The lowest BCUT2D eigenvalue weighted by Gasteiger charge is -2.19. The molecule has 0 heterocycles. The van der Waals surface area contributed by atoms with E-state index < -0.39 is 13.3 Å². The molecule has 0 aromatic carbocycles. The van der Waals surface area contributed by atoms with Crippen LogP contribution in [0.15, 0.2) is 0 Å². The Morgan fingerprint density at radius 1 is 1.33 bits per heavy atom. The molecule has 0 aliphatic carbocycles. The lowest BCUT2D eigenvalue weighted by atomic mass is 10.2. The van der Waals surface area contributed by atoms with Crippen LogP contribution in [0.3, 0.4) is 0 Å². The van der Waals surface area contributed by atoms with Crippen molar-refractivity contribution in [1.82, 2.24) is 0 Å². The van der Waals surface area contributed by atoms with Crippen LogP contribution in [0.2, 0.25) is 0 Å². The van der Waals surface area contributed by atoms with Crippen molar-refractivity contribution >= 4 is 7.68 Å². The molecule has 1 unspecified atom stereocenters. The fraction of sp³-hybridized carbons (Fsp3) is 1.00. The zero-order chi connectivity index (χ0) is 9.78. The zero-order valence-electron chi connectivity index (χ0n) is 8.21. The van der Waals surface area contributed by atoms with Crippen molar-refractivity contribution in [2.45, 2.75) is 52.3 Å². The van der Waals surface area contributed by atoms with Gasteiger partial charge in [0.05, 0.1) is 11.8 Å². The fourth-order valence-corrected chi connectivity index (χ4v) is 1.71. The Bertz CT molecular complexity index is 166. The van der Waals surface area contributed by atoms with Gasteiger partial charge in [-0.3, -0.25) is 4.57 Å². The van der Waals surface area contributed by atoms with Gasteiger partial charge in [-0.15, -0.1) is 0 Å². The van der Waals surface area contributed by atoms with Crippen LogP contribution in [-0.2, 0) is 9.09 Å². The lowest BCUT2D eigenvalue weighted by molar-refractivity contribution is 0.177. The first-order valence-corrected chi connectivity index (χ1v) is 6.00. The summed E-state index contributed by atoms with van der Waals surface area (Å²) in [7, 11) is -3.85. The van der Waals surface area contributed by atoms with E-state index in [1.165, 1.54) is 0 Å². The highest BCUT2D eigenvalue weighted by molar-refractivity contribution is 7.54. The summed E-state index contributed by atoms with van der Waals surface area (Å²) in [5.74, 6) is 0. The summed E-state index contributed by atoms with van der Waals surface area (Å²) in [6.07, 6.45) is 1.21. The Morgan fingerprint density at radius 2 is 1.75 bits per heavy atom. The van der Waals surface area contributed by atoms with Crippen LogP contribution in [-0.4, -0.2) is 11.8 Å². The van der Waals surface area contributed by atoms with E-state index in [1.807, 2.05) is 13.8 Å². The highest BCUT2D eigenvalue weighted by atomic mass is 31.2. The number of halogens is 1. The predicted molar refractivity (Wildman–Crippen MR) is 49.3 cm³/mol. The molecule has 0 saturated heterocycles. The monoisotopic (exact) mass is 196 g/mol. The Morgan fingerprint density at radius 3 is 2.00 bits per heavy atom. The molecule has 12 heavy (non-hydrogen) atoms. The molecule has 0 saturated carbocycles. The summed E-state index contributed by atoms with van der Waals surface area (Å²) in [5, 5.41) is 0. The van der Waals surface area contributed by atoms with Gasteiger partial charge in [0.25, 0.3) is 0 Å². The number of hydrogen-bond acceptors (Lipinski definition) is 2. The second-order valence-corrected chi connectivity index (χ2v) is 5.44. The summed E-state index contributed by atoms with van der Waals surface area (Å²) >= 11 is 0. The van der Waals surface area contributed by atoms with Crippen LogP contribution in [0.4, 0.5) is 4.20 Å². The van der Waals surface area contributed by atoms with Crippen LogP contribution >= 0.6 is 7.68 Å². The molecular weight excluding hydrogens is 178 g/mol. The molecule has 2 nitrogen and oxygen atoms in total. The van der Waals surface area contributed by atoms with Crippen LogP contribution in [0, 0.1) is 0 Å². The molecule has 0 N–H and O–H groups in total. The maximum atomic E-state index is 13.2. The van der Waals surface area contributed by atoms with Crippen molar-refractivity contribution in [2.75, 3.05) is 0 Å². The maximum Gasteiger partial charge on any atom is 0.370 e. The Labute approximate surface area is 74.1 Å². The molecule has 0 aliphatic heterocycles. The second kappa shape index (κ2) is 4.98. The van der Waals surface area contributed by atoms with Gasteiger partial charge in [0, 0.05) is 0 Å². The molecule has 0 aromatic rings. The SMILES string of the molecule is CCC(CC)OP(=O)(F)C(C)C. The minimum Gasteiger partial charge on any atom is -0.302 e. The van der Waals surface area contributed by atoms with E-state index in [9.17, 15) is 8.76 Å². The van der Waals surface area contributed by atoms with Crippen LogP contribution in [0.25, 0.3) is 0 Å². The second-order valence-electron chi connectivity index (χ2n) is 3.16. The molecule has 0 radical (unpaired) electrons. The average molecular weight is 196 g/mol. The molecule has 0 aliphatic rings. The number of hydrogen-bond donors (Lipinski definition) is 0. The van der Waals surface area contributed by atoms with Gasteiger partial charge < -0.3 is 4.52 Å². The summed E-state index contributed by atoms with van der Waals surface area (Å²) < 4.78 is 29.2. The van der Waals surface area contributed by atoms with Crippen LogP contribution in [0.1, 0.15) is 40.5 Å². The molecule has 74 valence electrons. The van der Waals surface area contributed by atoms with Crippen LogP contribution < -0.4 is 0 Å². The van der Waals surface area contributed by atoms with Crippen molar-refractivity contribution in [3.05, 3.63) is 0 Å². The minimum atomic E-state index is -3.85. The molecular formula is C8H18FO2P. The smallest absolute Gasteiger partial charge is 0.302 e. The predicted octanol–water partition coefficient (Wildman–Crippen LogP) is 3.76. The molecule has 0 spiro atoms. The quantitative estimate of drug-likeness (QED) is 0.626. The Balaban J connectivity index is 4.13. The molecule has 0 bridgehead atoms. The lowest BCUT2D eigenvalue weighted by Crippen LogP contribution is -2.10. The molecule has 1 atom stereocenters. The fourth-order valence-electron chi connectivity index (χ4n) is 0.763. The van der Waals surface area contributed by atoms with E-state index in [0.717, 1.165) is 0 Å². The molecule has 0 aromatic heterocycles. The third kappa shape index (κ3) is 3.68.